The van der Waals surface area contributed by atoms with Crippen LogP contribution in [0.25, 0.3) is 0 Å². The van der Waals surface area contributed by atoms with Crippen LogP contribution in [-0.2, 0) is 4.79 Å². The number of ketones is 1. The van der Waals surface area contributed by atoms with E-state index >= 15 is 0 Å². The predicted molar refractivity (Wildman–Crippen MR) is 46.4 cm³/mol. The minimum absolute atomic E-state index is 0.115. The van der Waals surface area contributed by atoms with Gasteiger partial charge in [-0.2, -0.15) is 5.26 Å². The maximum atomic E-state index is 11.5. The molecule has 1 saturated carbocycles. The third kappa shape index (κ3) is 1.50. The summed E-state index contributed by atoms with van der Waals surface area (Å²) in [6, 6.07) is 2.12. The van der Waals surface area contributed by atoms with Gasteiger partial charge in [-0.1, -0.05) is 6.92 Å². The van der Waals surface area contributed by atoms with E-state index in [1.807, 2.05) is 0 Å². The van der Waals surface area contributed by atoms with Crippen molar-refractivity contribution in [1.29, 1.82) is 5.26 Å². The van der Waals surface area contributed by atoms with E-state index < -0.39 is 0 Å². The summed E-state index contributed by atoms with van der Waals surface area (Å²) in [6.07, 6.45) is 4.98. The summed E-state index contributed by atoms with van der Waals surface area (Å²) in [6.45, 7) is 2.06. The average molecular weight is 165 g/mol. The lowest BCUT2D eigenvalue weighted by atomic mass is 9.78. The van der Waals surface area contributed by atoms with E-state index in [9.17, 15) is 4.79 Å². The van der Waals surface area contributed by atoms with Crippen LogP contribution in [0.15, 0.2) is 0 Å². The second-order valence-electron chi connectivity index (χ2n) is 3.57. The predicted octanol–water partition coefficient (Wildman–Crippen LogP) is 2.44. The van der Waals surface area contributed by atoms with Crippen molar-refractivity contribution < 1.29 is 4.79 Å². The minimum atomic E-state index is -0.115. The van der Waals surface area contributed by atoms with E-state index in [4.69, 9.17) is 5.26 Å². The lowest BCUT2D eigenvalue weighted by Crippen LogP contribution is -2.24. The molecule has 2 heteroatoms. The molecular weight excluding hydrogens is 150 g/mol. The molecule has 0 amide bonds. The third-order valence-electron chi connectivity index (χ3n) is 3.04. The zero-order chi connectivity index (χ0) is 9.03. The Morgan fingerprint density at radius 3 is 2.83 bits per heavy atom. The number of nitriles is 1. The number of Topliss-reactive ketones (excluding diaryl/α,β-unsaturated/α-hetero) is 1. The first-order valence-corrected chi connectivity index (χ1v) is 4.65. The topological polar surface area (TPSA) is 40.9 Å². The fourth-order valence-electron chi connectivity index (χ4n) is 2.10. The SMILES string of the molecule is CC[C@@]1(CCC#N)CCCC1=O. The summed E-state index contributed by atoms with van der Waals surface area (Å²) in [5.41, 5.74) is -0.115. The van der Waals surface area contributed by atoms with Gasteiger partial charge < -0.3 is 0 Å². The molecule has 1 rings (SSSR count). The van der Waals surface area contributed by atoms with Gasteiger partial charge in [0.05, 0.1) is 6.07 Å². The van der Waals surface area contributed by atoms with Crippen LogP contribution >= 0.6 is 0 Å². The Balaban J connectivity index is 2.62. The molecule has 0 aromatic heterocycles. The van der Waals surface area contributed by atoms with E-state index in [-0.39, 0.29) is 5.41 Å². The molecule has 0 bridgehead atoms. The molecule has 0 heterocycles. The highest BCUT2D eigenvalue weighted by Crippen LogP contribution is 2.41. The third-order valence-corrected chi connectivity index (χ3v) is 3.04. The monoisotopic (exact) mass is 165 g/mol. The van der Waals surface area contributed by atoms with Gasteiger partial charge in [-0.05, 0) is 25.7 Å². The number of carbonyl (C=O) groups excluding carboxylic acids is 1. The maximum Gasteiger partial charge on any atom is 0.139 e. The van der Waals surface area contributed by atoms with Crippen LogP contribution in [0.5, 0.6) is 0 Å². The van der Waals surface area contributed by atoms with Crippen LogP contribution in [0.4, 0.5) is 0 Å². The smallest absolute Gasteiger partial charge is 0.139 e. The molecule has 0 aliphatic heterocycles. The highest BCUT2D eigenvalue weighted by Gasteiger charge is 2.39. The van der Waals surface area contributed by atoms with Crippen LogP contribution in [-0.4, -0.2) is 5.78 Å². The van der Waals surface area contributed by atoms with Crippen molar-refractivity contribution in [3.05, 3.63) is 0 Å². The molecule has 0 saturated heterocycles. The molecule has 0 aromatic carbocycles. The van der Waals surface area contributed by atoms with Gasteiger partial charge in [-0.25, -0.2) is 0 Å². The van der Waals surface area contributed by atoms with Crippen molar-refractivity contribution in [2.75, 3.05) is 0 Å². The van der Waals surface area contributed by atoms with Gasteiger partial charge in [0.25, 0.3) is 0 Å². The van der Waals surface area contributed by atoms with E-state index in [1.54, 1.807) is 0 Å². The van der Waals surface area contributed by atoms with Crippen molar-refractivity contribution in [1.82, 2.24) is 0 Å². The van der Waals surface area contributed by atoms with Gasteiger partial charge in [0.1, 0.15) is 5.78 Å². The number of rotatable bonds is 3. The Morgan fingerprint density at radius 1 is 1.67 bits per heavy atom. The molecule has 0 radical (unpaired) electrons. The van der Waals surface area contributed by atoms with Gasteiger partial charge in [0.15, 0.2) is 0 Å². The molecule has 1 fully saturated rings. The van der Waals surface area contributed by atoms with Crippen LogP contribution in [0, 0.1) is 16.7 Å². The molecule has 0 aromatic rings. The zero-order valence-corrected chi connectivity index (χ0v) is 7.60. The van der Waals surface area contributed by atoms with Crippen LogP contribution < -0.4 is 0 Å². The molecule has 2 nitrogen and oxygen atoms in total. The number of hydrogen-bond donors (Lipinski definition) is 0. The molecule has 0 spiro atoms. The van der Waals surface area contributed by atoms with Crippen LogP contribution in [0.1, 0.15) is 45.4 Å². The lowest BCUT2D eigenvalue weighted by molar-refractivity contribution is -0.126. The van der Waals surface area contributed by atoms with Gasteiger partial charge in [-0.15, -0.1) is 0 Å². The van der Waals surface area contributed by atoms with Crippen molar-refractivity contribution in [3.8, 4) is 6.07 Å². The first-order chi connectivity index (χ1) is 5.75. The van der Waals surface area contributed by atoms with Gasteiger partial charge in [0, 0.05) is 18.3 Å². The molecule has 66 valence electrons. The fraction of sp³-hybridized carbons (Fsp3) is 0.800. The first-order valence-electron chi connectivity index (χ1n) is 4.65. The summed E-state index contributed by atoms with van der Waals surface area (Å²) in [5, 5.41) is 8.46. The zero-order valence-electron chi connectivity index (χ0n) is 7.60. The molecule has 12 heavy (non-hydrogen) atoms. The largest absolute Gasteiger partial charge is 0.299 e. The minimum Gasteiger partial charge on any atom is -0.299 e. The Bertz CT molecular complexity index is 216. The molecule has 0 unspecified atom stereocenters. The second-order valence-corrected chi connectivity index (χ2v) is 3.57. The van der Waals surface area contributed by atoms with Crippen molar-refractivity contribution >= 4 is 5.78 Å². The van der Waals surface area contributed by atoms with Gasteiger partial charge in [0.2, 0.25) is 0 Å². The van der Waals surface area contributed by atoms with Gasteiger partial charge in [-0.3, -0.25) is 4.79 Å². The van der Waals surface area contributed by atoms with Crippen molar-refractivity contribution in [2.24, 2.45) is 5.41 Å². The Morgan fingerprint density at radius 2 is 2.42 bits per heavy atom. The standard InChI is InChI=1S/C10H15NO/c1-2-10(7-4-8-11)6-3-5-9(10)12/h2-7H2,1H3/t10-/m0/s1. The van der Waals surface area contributed by atoms with Crippen molar-refractivity contribution in [3.63, 3.8) is 0 Å². The van der Waals surface area contributed by atoms with E-state index in [0.717, 1.165) is 32.1 Å². The second kappa shape index (κ2) is 3.71. The summed E-state index contributed by atoms with van der Waals surface area (Å²) in [7, 11) is 0. The quantitative estimate of drug-likeness (QED) is 0.644. The van der Waals surface area contributed by atoms with Crippen LogP contribution in [0.3, 0.4) is 0 Å². The summed E-state index contributed by atoms with van der Waals surface area (Å²) in [4.78, 5) is 11.5. The summed E-state index contributed by atoms with van der Waals surface area (Å²) >= 11 is 0. The molecule has 1 aliphatic carbocycles. The van der Waals surface area contributed by atoms with Crippen molar-refractivity contribution in [2.45, 2.75) is 45.4 Å². The molecule has 1 atom stereocenters. The van der Waals surface area contributed by atoms with Gasteiger partial charge >= 0.3 is 0 Å². The molecule has 1 aliphatic rings. The Labute approximate surface area is 73.6 Å². The first kappa shape index (κ1) is 9.25. The highest BCUT2D eigenvalue weighted by molar-refractivity contribution is 5.86. The Hall–Kier alpha value is -0.840. The maximum absolute atomic E-state index is 11.5. The number of carbonyl (C=O) groups is 1. The van der Waals surface area contributed by atoms with E-state index in [0.29, 0.717) is 12.2 Å². The average Bonchev–Trinajstić information content (AvgIpc) is 2.45. The lowest BCUT2D eigenvalue weighted by Gasteiger charge is -2.23. The number of hydrogen-bond acceptors (Lipinski definition) is 2. The van der Waals surface area contributed by atoms with E-state index in [2.05, 4.69) is 13.0 Å². The Kier molecular flexibility index (Phi) is 2.86. The highest BCUT2D eigenvalue weighted by atomic mass is 16.1. The number of nitrogens with zero attached hydrogens (tertiary/aromatic N) is 1. The van der Waals surface area contributed by atoms with E-state index in [1.165, 1.54) is 0 Å². The fourth-order valence-corrected chi connectivity index (χ4v) is 2.10. The molecular formula is C10H15NO. The summed E-state index contributed by atoms with van der Waals surface area (Å²) in [5.74, 6) is 0.389. The molecule has 0 N–H and O–H groups in total. The van der Waals surface area contributed by atoms with Crippen LogP contribution in [0.2, 0.25) is 0 Å². The summed E-state index contributed by atoms with van der Waals surface area (Å²) < 4.78 is 0. The normalized spacial score (nSPS) is 28.8.